The number of anilines is 1. The zero-order chi connectivity index (χ0) is 22.2. The van der Waals surface area contributed by atoms with Gasteiger partial charge in [0.05, 0.1) is 12.0 Å². The van der Waals surface area contributed by atoms with Gasteiger partial charge < -0.3 is 10.1 Å². The Morgan fingerprint density at radius 2 is 1.87 bits per heavy atom. The van der Waals surface area contributed by atoms with Crippen LogP contribution in [0.4, 0.5) is 5.00 Å². The molecule has 0 saturated carbocycles. The van der Waals surface area contributed by atoms with Crippen molar-refractivity contribution in [3.8, 4) is 0 Å². The maximum atomic E-state index is 13.1. The van der Waals surface area contributed by atoms with Gasteiger partial charge in [-0.3, -0.25) is 4.79 Å². The third-order valence-corrected chi connectivity index (χ3v) is 8.41. The minimum Gasteiger partial charge on any atom is -0.465 e. The van der Waals surface area contributed by atoms with E-state index in [0.29, 0.717) is 28.3 Å². The van der Waals surface area contributed by atoms with Crippen LogP contribution in [0.5, 0.6) is 0 Å². The number of thiophene rings is 1. The Balaban J connectivity index is 1.64. The molecule has 31 heavy (non-hydrogen) atoms. The van der Waals surface area contributed by atoms with Crippen LogP contribution in [-0.2, 0) is 19.6 Å². The van der Waals surface area contributed by atoms with Crippen LogP contribution in [-0.4, -0.2) is 44.3 Å². The van der Waals surface area contributed by atoms with Gasteiger partial charge in [-0.05, 0) is 43.2 Å². The number of ether oxygens (including phenoxy) is 1. The Kier molecular flexibility index (Phi) is 6.02. The fourth-order valence-electron chi connectivity index (χ4n) is 3.67. The van der Waals surface area contributed by atoms with Crippen molar-refractivity contribution in [3.63, 3.8) is 0 Å². The van der Waals surface area contributed by atoms with E-state index in [1.807, 2.05) is 12.1 Å². The average Bonchev–Trinajstić information content (AvgIpc) is 3.39. The summed E-state index contributed by atoms with van der Waals surface area (Å²) in [5.41, 5.74) is 0.265. The van der Waals surface area contributed by atoms with Crippen LogP contribution < -0.4 is 5.32 Å². The van der Waals surface area contributed by atoms with Crippen LogP contribution in [0.1, 0.15) is 23.2 Å². The lowest BCUT2D eigenvalue weighted by Gasteiger charge is -2.23. The molecule has 1 aromatic heterocycles. The normalized spacial score (nSPS) is 17.0. The Morgan fingerprint density at radius 3 is 2.58 bits per heavy atom. The first-order valence-corrected chi connectivity index (χ1v) is 12.1. The molecule has 2 heterocycles. The number of nitrogens with one attached hydrogen (secondary N) is 1. The summed E-state index contributed by atoms with van der Waals surface area (Å²) in [5, 5.41) is 4.21. The SMILES string of the molecule is COC(=O)c1c(NC(=O)C2CCCN2S(=O)(=O)c2ccc(Cl)cc2)sc2ccccc12. The molecule has 2 aromatic carbocycles. The highest BCUT2D eigenvalue weighted by atomic mass is 35.5. The van der Waals surface area contributed by atoms with Crippen LogP contribution in [0.3, 0.4) is 0 Å². The van der Waals surface area contributed by atoms with Gasteiger partial charge in [0.1, 0.15) is 16.6 Å². The van der Waals surface area contributed by atoms with E-state index in [4.69, 9.17) is 16.3 Å². The van der Waals surface area contributed by atoms with Gasteiger partial charge >= 0.3 is 5.97 Å². The van der Waals surface area contributed by atoms with Gasteiger partial charge in [0, 0.05) is 21.7 Å². The number of amides is 1. The lowest BCUT2D eigenvalue weighted by molar-refractivity contribution is -0.119. The number of carbonyl (C=O) groups excluding carboxylic acids is 2. The Labute approximate surface area is 188 Å². The molecule has 7 nitrogen and oxygen atoms in total. The van der Waals surface area contributed by atoms with Crippen molar-refractivity contribution >= 4 is 59.9 Å². The number of nitrogens with zero attached hydrogens (tertiary/aromatic N) is 1. The molecule has 1 atom stereocenters. The molecular formula is C21H19ClN2O5S2. The molecule has 4 rings (SSSR count). The van der Waals surface area contributed by atoms with Crippen molar-refractivity contribution in [2.45, 2.75) is 23.8 Å². The molecule has 1 saturated heterocycles. The van der Waals surface area contributed by atoms with Gasteiger partial charge in [0.25, 0.3) is 0 Å². The molecule has 1 amide bonds. The molecule has 1 aliphatic rings. The van der Waals surface area contributed by atoms with Crippen LogP contribution >= 0.6 is 22.9 Å². The van der Waals surface area contributed by atoms with Crippen LogP contribution in [0.15, 0.2) is 53.4 Å². The molecule has 0 bridgehead atoms. The minimum absolute atomic E-state index is 0.0775. The highest BCUT2D eigenvalue weighted by Gasteiger charge is 2.40. The fourth-order valence-corrected chi connectivity index (χ4v) is 6.54. The molecule has 1 unspecified atom stereocenters. The van der Waals surface area contributed by atoms with Crippen molar-refractivity contribution in [2.75, 3.05) is 19.0 Å². The Morgan fingerprint density at radius 1 is 1.16 bits per heavy atom. The third kappa shape index (κ3) is 4.06. The highest BCUT2D eigenvalue weighted by molar-refractivity contribution is 7.89. The summed E-state index contributed by atoms with van der Waals surface area (Å²) >= 11 is 7.11. The first-order chi connectivity index (χ1) is 14.8. The van der Waals surface area contributed by atoms with Crippen molar-refractivity contribution in [1.82, 2.24) is 4.31 Å². The van der Waals surface area contributed by atoms with Gasteiger partial charge in [0.2, 0.25) is 15.9 Å². The van der Waals surface area contributed by atoms with E-state index in [1.165, 1.54) is 47.0 Å². The van der Waals surface area contributed by atoms with Crippen molar-refractivity contribution in [3.05, 3.63) is 59.1 Å². The van der Waals surface area contributed by atoms with E-state index in [-0.39, 0.29) is 17.0 Å². The van der Waals surface area contributed by atoms with E-state index < -0.39 is 27.9 Å². The summed E-state index contributed by atoms with van der Waals surface area (Å²) in [6.45, 7) is 0.235. The maximum absolute atomic E-state index is 13.1. The summed E-state index contributed by atoms with van der Waals surface area (Å²) < 4.78 is 33.1. The summed E-state index contributed by atoms with van der Waals surface area (Å²) in [4.78, 5) is 25.6. The quantitative estimate of drug-likeness (QED) is 0.556. The minimum atomic E-state index is -3.87. The molecule has 0 spiro atoms. The second kappa shape index (κ2) is 8.58. The van der Waals surface area contributed by atoms with Crippen molar-refractivity contribution in [1.29, 1.82) is 0 Å². The molecule has 10 heteroatoms. The predicted molar refractivity (Wildman–Crippen MR) is 120 cm³/mol. The number of sulfonamides is 1. The number of hydrogen-bond donors (Lipinski definition) is 1. The lowest BCUT2D eigenvalue weighted by Crippen LogP contribution is -2.43. The molecule has 3 aromatic rings. The van der Waals surface area contributed by atoms with Gasteiger partial charge in [-0.1, -0.05) is 29.8 Å². The van der Waals surface area contributed by atoms with E-state index >= 15 is 0 Å². The number of rotatable bonds is 5. The van der Waals surface area contributed by atoms with Crippen molar-refractivity contribution in [2.24, 2.45) is 0 Å². The Hall–Kier alpha value is -2.46. The highest BCUT2D eigenvalue weighted by Crippen LogP contribution is 2.37. The number of hydrogen-bond acceptors (Lipinski definition) is 6. The van der Waals surface area contributed by atoms with Crippen LogP contribution in [0.2, 0.25) is 5.02 Å². The monoisotopic (exact) mass is 478 g/mol. The number of benzene rings is 2. The predicted octanol–water partition coefficient (Wildman–Crippen LogP) is 4.13. The van der Waals surface area contributed by atoms with E-state index in [1.54, 1.807) is 12.1 Å². The average molecular weight is 479 g/mol. The summed E-state index contributed by atoms with van der Waals surface area (Å²) in [6.07, 6.45) is 0.943. The second-order valence-electron chi connectivity index (χ2n) is 7.01. The van der Waals surface area contributed by atoms with E-state index in [0.717, 1.165) is 4.70 Å². The number of methoxy groups -OCH3 is 1. The van der Waals surface area contributed by atoms with E-state index in [2.05, 4.69) is 5.32 Å². The number of esters is 1. The standard InChI is InChI=1S/C21H19ClN2O5S2/c1-29-21(26)18-15-5-2-3-7-17(15)30-20(18)23-19(25)16-6-4-12-24(16)31(27,28)14-10-8-13(22)9-11-14/h2-3,5,7-11,16H,4,6,12H2,1H3,(H,23,25). The first kappa shape index (κ1) is 21.8. The fraction of sp³-hybridized carbons (Fsp3) is 0.238. The molecule has 0 aliphatic carbocycles. The van der Waals surface area contributed by atoms with Gasteiger partial charge in [-0.15, -0.1) is 11.3 Å². The van der Waals surface area contributed by atoms with Crippen LogP contribution in [0, 0.1) is 0 Å². The number of carbonyl (C=O) groups is 2. The molecule has 1 fully saturated rings. The summed E-state index contributed by atoms with van der Waals surface area (Å²) in [5.74, 6) is -1.04. The third-order valence-electron chi connectivity index (χ3n) is 5.15. The first-order valence-electron chi connectivity index (χ1n) is 9.51. The smallest absolute Gasteiger partial charge is 0.341 e. The van der Waals surface area contributed by atoms with Crippen molar-refractivity contribution < 1.29 is 22.7 Å². The summed E-state index contributed by atoms with van der Waals surface area (Å²) in [6, 6.07) is 12.2. The maximum Gasteiger partial charge on any atom is 0.341 e. The zero-order valence-corrected chi connectivity index (χ0v) is 18.9. The van der Waals surface area contributed by atoms with Crippen LogP contribution in [0.25, 0.3) is 10.1 Å². The Bertz CT molecular complexity index is 1250. The molecule has 1 N–H and O–H groups in total. The number of fused-ring (bicyclic) bond motifs is 1. The largest absolute Gasteiger partial charge is 0.465 e. The topological polar surface area (TPSA) is 92.8 Å². The van der Waals surface area contributed by atoms with Gasteiger partial charge in [-0.2, -0.15) is 4.31 Å². The van der Waals surface area contributed by atoms with Gasteiger partial charge in [0.15, 0.2) is 0 Å². The zero-order valence-electron chi connectivity index (χ0n) is 16.5. The molecule has 162 valence electrons. The lowest BCUT2D eigenvalue weighted by atomic mass is 10.1. The molecule has 0 radical (unpaired) electrons. The molecule has 1 aliphatic heterocycles. The van der Waals surface area contributed by atoms with Gasteiger partial charge in [-0.25, -0.2) is 13.2 Å². The number of halogens is 1. The second-order valence-corrected chi connectivity index (χ2v) is 10.4. The van der Waals surface area contributed by atoms with E-state index in [9.17, 15) is 18.0 Å². The molecular weight excluding hydrogens is 460 g/mol. The summed E-state index contributed by atoms with van der Waals surface area (Å²) in [7, 11) is -2.60.